The molecule has 0 heterocycles. The number of aliphatic carboxylic acids is 1. The van der Waals surface area contributed by atoms with E-state index in [0.717, 1.165) is 18.4 Å². The van der Waals surface area contributed by atoms with Crippen molar-refractivity contribution in [2.75, 3.05) is 7.11 Å². The van der Waals surface area contributed by atoms with Crippen molar-refractivity contribution < 1.29 is 19.0 Å². The van der Waals surface area contributed by atoms with Crippen molar-refractivity contribution in [3.8, 4) is 5.75 Å². The van der Waals surface area contributed by atoms with E-state index in [4.69, 9.17) is 9.84 Å². The van der Waals surface area contributed by atoms with Crippen molar-refractivity contribution in [2.45, 2.75) is 37.8 Å². The molecule has 4 nitrogen and oxygen atoms in total. The van der Waals surface area contributed by atoms with E-state index in [9.17, 15) is 9.18 Å². The monoisotopic (exact) mass is 267 g/mol. The van der Waals surface area contributed by atoms with E-state index in [1.165, 1.54) is 13.2 Å². The number of carbonyl (C=O) groups is 1. The highest BCUT2D eigenvalue weighted by atomic mass is 19.1. The summed E-state index contributed by atoms with van der Waals surface area (Å²) < 4.78 is 18.4. The van der Waals surface area contributed by atoms with Gasteiger partial charge in [-0.25, -0.2) is 4.39 Å². The molecule has 1 unspecified atom stereocenters. The lowest BCUT2D eigenvalue weighted by molar-refractivity contribution is -0.137. The molecule has 104 valence electrons. The third-order valence-corrected chi connectivity index (χ3v) is 3.17. The van der Waals surface area contributed by atoms with Crippen LogP contribution in [0.15, 0.2) is 18.2 Å². The first-order valence-corrected chi connectivity index (χ1v) is 6.38. The molecule has 19 heavy (non-hydrogen) atoms. The predicted octanol–water partition coefficient (Wildman–Crippen LogP) is 1.97. The predicted molar refractivity (Wildman–Crippen MR) is 68.9 cm³/mol. The SMILES string of the molecule is COc1ccc(CC(CC(=O)O)NC2CC2)cc1F. The van der Waals surface area contributed by atoms with Crippen LogP contribution < -0.4 is 10.1 Å². The summed E-state index contributed by atoms with van der Waals surface area (Å²) in [4.78, 5) is 10.8. The largest absolute Gasteiger partial charge is 0.494 e. The molecule has 0 radical (unpaired) electrons. The van der Waals surface area contributed by atoms with Gasteiger partial charge >= 0.3 is 5.97 Å². The van der Waals surface area contributed by atoms with Crippen LogP contribution in [0.25, 0.3) is 0 Å². The van der Waals surface area contributed by atoms with Gasteiger partial charge in [0.25, 0.3) is 0 Å². The van der Waals surface area contributed by atoms with E-state index in [1.54, 1.807) is 12.1 Å². The van der Waals surface area contributed by atoms with Gasteiger partial charge in [-0.1, -0.05) is 6.07 Å². The Morgan fingerprint density at radius 2 is 2.32 bits per heavy atom. The van der Waals surface area contributed by atoms with Gasteiger partial charge in [0.05, 0.1) is 13.5 Å². The minimum Gasteiger partial charge on any atom is -0.494 e. The summed E-state index contributed by atoms with van der Waals surface area (Å²) in [6.07, 6.45) is 2.73. The van der Waals surface area contributed by atoms with E-state index in [1.807, 2.05) is 0 Å². The van der Waals surface area contributed by atoms with Gasteiger partial charge in [0, 0.05) is 12.1 Å². The van der Waals surface area contributed by atoms with Crippen LogP contribution in [0.1, 0.15) is 24.8 Å². The summed E-state index contributed by atoms with van der Waals surface area (Å²) in [5.74, 6) is -1.05. The second kappa shape index (κ2) is 6.02. The van der Waals surface area contributed by atoms with Gasteiger partial charge < -0.3 is 15.2 Å². The highest BCUT2D eigenvalue weighted by molar-refractivity contribution is 5.67. The molecule has 0 aromatic heterocycles. The number of halogens is 1. The second-order valence-corrected chi connectivity index (χ2v) is 4.91. The third-order valence-electron chi connectivity index (χ3n) is 3.17. The average Bonchev–Trinajstić information content (AvgIpc) is 3.12. The fourth-order valence-electron chi connectivity index (χ4n) is 2.11. The molecule has 1 atom stereocenters. The Labute approximate surface area is 111 Å². The molecule has 0 bridgehead atoms. The normalized spacial score (nSPS) is 16.1. The average molecular weight is 267 g/mol. The van der Waals surface area contributed by atoms with E-state index < -0.39 is 11.8 Å². The maximum absolute atomic E-state index is 13.6. The van der Waals surface area contributed by atoms with Gasteiger partial charge in [-0.2, -0.15) is 0 Å². The van der Waals surface area contributed by atoms with Crippen molar-refractivity contribution in [2.24, 2.45) is 0 Å². The summed E-state index contributed by atoms with van der Waals surface area (Å²) >= 11 is 0. The van der Waals surface area contributed by atoms with Gasteiger partial charge in [0.15, 0.2) is 11.6 Å². The molecular formula is C14H18FNO3. The maximum atomic E-state index is 13.6. The fourth-order valence-corrected chi connectivity index (χ4v) is 2.11. The van der Waals surface area contributed by atoms with Crippen LogP contribution in [0.4, 0.5) is 4.39 Å². The number of ether oxygens (including phenoxy) is 1. The van der Waals surface area contributed by atoms with E-state index >= 15 is 0 Å². The van der Waals surface area contributed by atoms with Crippen molar-refractivity contribution in [3.05, 3.63) is 29.6 Å². The second-order valence-electron chi connectivity index (χ2n) is 4.91. The van der Waals surface area contributed by atoms with Crippen molar-refractivity contribution >= 4 is 5.97 Å². The summed E-state index contributed by atoms with van der Waals surface area (Å²) in [7, 11) is 1.42. The number of nitrogens with one attached hydrogen (secondary N) is 1. The lowest BCUT2D eigenvalue weighted by atomic mass is 10.0. The molecule has 0 aliphatic heterocycles. The summed E-state index contributed by atoms with van der Waals surface area (Å²) in [6, 6.07) is 5.01. The summed E-state index contributed by atoms with van der Waals surface area (Å²) in [6.45, 7) is 0. The zero-order chi connectivity index (χ0) is 13.8. The Morgan fingerprint density at radius 3 is 2.84 bits per heavy atom. The molecule has 0 amide bonds. The van der Waals surface area contributed by atoms with Gasteiger partial charge in [-0.05, 0) is 37.0 Å². The number of methoxy groups -OCH3 is 1. The Hall–Kier alpha value is -1.62. The molecule has 1 saturated carbocycles. The number of benzene rings is 1. The first kappa shape index (κ1) is 13.8. The van der Waals surface area contributed by atoms with E-state index in [2.05, 4.69) is 5.32 Å². The minimum absolute atomic E-state index is 0.0458. The first-order chi connectivity index (χ1) is 9.08. The number of hydrogen-bond acceptors (Lipinski definition) is 3. The number of hydrogen-bond donors (Lipinski definition) is 2. The van der Waals surface area contributed by atoms with E-state index in [0.29, 0.717) is 12.5 Å². The lowest BCUT2D eigenvalue weighted by Crippen LogP contribution is -2.35. The Balaban J connectivity index is 2.02. The Kier molecular flexibility index (Phi) is 4.37. The summed E-state index contributed by atoms with van der Waals surface area (Å²) in [5, 5.41) is 12.2. The smallest absolute Gasteiger partial charge is 0.304 e. The molecule has 1 aromatic carbocycles. The number of carboxylic acid groups (broad SMARTS) is 1. The zero-order valence-electron chi connectivity index (χ0n) is 10.9. The maximum Gasteiger partial charge on any atom is 0.304 e. The lowest BCUT2D eigenvalue weighted by Gasteiger charge is -2.17. The van der Waals surface area contributed by atoms with Crippen LogP contribution in [0.3, 0.4) is 0 Å². The van der Waals surface area contributed by atoms with Gasteiger partial charge in [0.2, 0.25) is 0 Å². The van der Waals surface area contributed by atoms with Gasteiger partial charge in [-0.3, -0.25) is 4.79 Å². The standard InChI is InChI=1S/C14H18FNO3/c1-19-13-5-2-9(7-12(13)15)6-11(8-14(17)18)16-10-3-4-10/h2,5,7,10-11,16H,3-4,6,8H2,1H3,(H,17,18). The number of carboxylic acids is 1. The van der Waals surface area contributed by atoms with Gasteiger partial charge in [-0.15, -0.1) is 0 Å². The van der Waals surface area contributed by atoms with Crippen LogP contribution in [-0.4, -0.2) is 30.3 Å². The van der Waals surface area contributed by atoms with Crippen LogP contribution >= 0.6 is 0 Å². The molecule has 2 rings (SSSR count). The number of rotatable bonds is 7. The molecule has 0 spiro atoms. The van der Waals surface area contributed by atoms with Crippen LogP contribution in [0, 0.1) is 5.82 Å². The molecule has 0 saturated heterocycles. The Morgan fingerprint density at radius 1 is 1.58 bits per heavy atom. The molecule has 1 fully saturated rings. The molecule has 5 heteroatoms. The van der Waals surface area contributed by atoms with Crippen LogP contribution in [0.2, 0.25) is 0 Å². The molecule has 1 aromatic rings. The third kappa shape index (κ3) is 4.21. The summed E-state index contributed by atoms with van der Waals surface area (Å²) in [5.41, 5.74) is 0.776. The van der Waals surface area contributed by atoms with Crippen LogP contribution in [-0.2, 0) is 11.2 Å². The molecular weight excluding hydrogens is 249 g/mol. The zero-order valence-corrected chi connectivity index (χ0v) is 10.9. The molecule has 1 aliphatic carbocycles. The van der Waals surface area contributed by atoms with Crippen LogP contribution in [0.5, 0.6) is 5.75 Å². The highest BCUT2D eigenvalue weighted by Crippen LogP contribution is 2.22. The Bertz CT molecular complexity index is 460. The fraction of sp³-hybridized carbons (Fsp3) is 0.500. The van der Waals surface area contributed by atoms with Crippen molar-refractivity contribution in [3.63, 3.8) is 0 Å². The van der Waals surface area contributed by atoms with Crippen molar-refractivity contribution in [1.29, 1.82) is 0 Å². The minimum atomic E-state index is -0.841. The van der Waals surface area contributed by atoms with E-state index in [-0.39, 0.29) is 18.2 Å². The molecule has 1 aliphatic rings. The topological polar surface area (TPSA) is 58.6 Å². The highest BCUT2D eigenvalue weighted by Gasteiger charge is 2.26. The molecule has 2 N–H and O–H groups in total. The first-order valence-electron chi connectivity index (χ1n) is 6.38. The quantitative estimate of drug-likeness (QED) is 0.793. The van der Waals surface area contributed by atoms with Gasteiger partial charge in [0.1, 0.15) is 0 Å². The van der Waals surface area contributed by atoms with Crippen molar-refractivity contribution in [1.82, 2.24) is 5.32 Å².